The van der Waals surface area contributed by atoms with Crippen molar-refractivity contribution in [2.75, 3.05) is 11.9 Å². The lowest BCUT2D eigenvalue weighted by Gasteiger charge is -2.16. The average Bonchev–Trinajstić information content (AvgIpc) is 2.50. The van der Waals surface area contributed by atoms with Gasteiger partial charge in [0, 0.05) is 6.54 Å². The van der Waals surface area contributed by atoms with Gasteiger partial charge in [-0.15, -0.1) is 11.6 Å². The van der Waals surface area contributed by atoms with Crippen LogP contribution in [0.15, 0.2) is 18.3 Å². The van der Waals surface area contributed by atoms with Crippen LogP contribution >= 0.6 is 11.6 Å². The smallest absolute Gasteiger partial charge is 0.405 e. The summed E-state index contributed by atoms with van der Waals surface area (Å²) in [6.45, 7) is 0.242. The number of amides is 4. The van der Waals surface area contributed by atoms with Crippen LogP contribution in [-0.2, 0) is 10.7 Å². The van der Waals surface area contributed by atoms with E-state index in [0.29, 0.717) is 17.8 Å². The lowest BCUT2D eigenvalue weighted by molar-refractivity contribution is -0.118. The lowest BCUT2D eigenvalue weighted by atomic mass is 10.1. The molecule has 0 saturated heterocycles. The molecule has 0 radical (unpaired) electrons. The van der Waals surface area contributed by atoms with Crippen molar-refractivity contribution < 1.29 is 19.5 Å². The first-order chi connectivity index (χ1) is 10.9. The first kappa shape index (κ1) is 18.5. The molecule has 1 atom stereocenters. The molecule has 0 bridgehead atoms. The molecule has 1 aromatic rings. The number of nitrogens with one attached hydrogen (secondary N) is 3. The van der Waals surface area contributed by atoms with Crippen molar-refractivity contribution in [3.63, 3.8) is 0 Å². The highest BCUT2D eigenvalue weighted by atomic mass is 35.5. The second-order valence-electron chi connectivity index (χ2n) is 4.60. The first-order valence-corrected chi connectivity index (χ1v) is 7.30. The Bertz CT molecular complexity index is 552. The second-order valence-corrected chi connectivity index (χ2v) is 4.86. The number of anilines is 1. The second kappa shape index (κ2) is 9.46. The summed E-state index contributed by atoms with van der Waals surface area (Å²) >= 11 is 5.62. The van der Waals surface area contributed by atoms with E-state index in [1.54, 1.807) is 12.1 Å². The Kier molecular flexibility index (Phi) is 7.61. The number of urea groups is 1. The third-order valence-electron chi connectivity index (χ3n) is 2.81. The zero-order chi connectivity index (χ0) is 17.2. The van der Waals surface area contributed by atoms with Gasteiger partial charge in [-0.05, 0) is 25.0 Å². The van der Waals surface area contributed by atoms with Crippen LogP contribution in [0.1, 0.15) is 18.5 Å². The summed E-state index contributed by atoms with van der Waals surface area (Å²) in [6, 6.07) is 1.63. The number of carbonyl (C=O) groups is 3. The summed E-state index contributed by atoms with van der Waals surface area (Å²) in [7, 11) is 0. The molecular formula is C13H18ClN5O4. The minimum atomic E-state index is -1.32. The van der Waals surface area contributed by atoms with E-state index in [1.807, 2.05) is 0 Å². The molecule has 0 saturated carbocycles. The Labute approximate surface area is 137 Å². The SMILES string of the molecule is NC(=O)NCCCC(NC(=O)O)C(=O)Nc1ccc(CCl)nc1. The fourth-order valence-electron chi connectivity index (χ4n) is 1.74. The summed E-state index contributed by atoms with van der Waals surface area (Å²) in [4.78, 5) is 37.5. The Morgan fingerprint density at radius 1 is 1.35 bits per heavy atom. The number of carboxylic acid groups (broad SMARTS) is 1. The summed E-state index contributed by atoms with van der Waals surface area (Å²) in [5, 5.41) is 15.9. The average molecular weight is 344 g/mol. The van der Waals surface area contributed by atoms with Gasteiger partial charge in [0.15, 0.2) is 0 Å². The number of alkyl halides is 1. The van der Waals surface area contributed by atoms with Gasteiger partial charge < -0.3 is 26.8 Å². The van der Waals surface area contributed by atoms with Gasteiger partial charge in [-0.25, -0.2) is 9.59 Å². The third kappa shape index (κ3) is 7.32. The third-order valence-corrected chi connectivity index (χ3v) is 3.09. The van der Waals surface area contributed by atoms with Crippen LogP contribution in [0.25, 0.3) is 0 Å². The molecule has 0 aromatic carbocycles. The molecule has 1 unspecified atom stereocenters. The molecule has 9 nitrogen and oxygen atoms in total. The molecule has 0 aliphatic heterocycles. The van der Waals surface area contributed by atoms with Gasteiger partial charge in [-0.1, -0.05) is 0 Å². The monoisotopic (exact) mass is 343 g/mol. The van der Waals surface area contributed by atoms with Crippen molar-refractivity contribution in [2.45, 2.75) is 24.8 Å². The number of pyridine rings is 1. The maximum Gasteiger partial charge on any atom is 0.405 e. The fourth-order valence-corrected chi connectivity index (χ4v) is 1.90. The molecular weight excluding hydrogens is 326 g/mol. The van der Waals surface area contributed by atoms with Crippen LogP contribution in [0.2, 0.25) is 0 Å². The maximum atomic E-state index is 12.1. The predicted octanol–water partition coefficient (Wildman–Crippen LogP) is 0.844. The van der Waals surface area contributed by atoms with Crippen molar-refractivity contribution in [3.8, 4) is 0 Å². The van der Waals surface area contributed by atoms with Crippen LogP contribution in [-0.4, -0.2) is 40.7 Å². The van der Waals surface area contributed by atoms with Gasteiger partial charge in [-0.2, -0.15) is 0 Å². The zero-order valence-corrected chi connectivity index (χ0v) is 13.0. The van der Waals surface area contributed by atoms with E-state index in [2.05, 4.69) is 20.9 Å². The normalized spacial score (nSPS) is 11.3. The number of hydrogen-bond donors (Lipinski definition) is 5. The number of rotatable bonds is 8. The molecule has 0 fully saturated rings. The van der Waals surface area contributed by atoms with E-state index in [-0.39, 0.29) is 18.8 Å². The molecule has 0 spiro atoms. The summed E-state index contributed by atoms with van der Waals surface area (Å²) in [5.41, 5.74) is 6.00. The quantitative estimate of drug-likeness (QED) is 0.350. The molecule has 4 amide bonds. The molecule has 0 aliphatic rings. The Balaban J connectivity index is 2.59. The molecule has 23 heavy (non-hydrogen) atoms. The van der Waals surface area contributed by atoms with E-state index >= 15 is 0 Å². The van der Waals surface area contributed by atoms with Gasteiger partial charge >= 0.3 is 12.1 Å². The topological polar surface area (TPSA) is 146 Å². The summed E-state index contributed by atoms with van der Waals surface area (Å²) in [6.07, 6.45) is 0.696. The highest BCUT2D eigenvalue weighted by Gasteiger charge is 2.20. The van der Waals surface area contributed by atoms with E-state index in [0.717, 1.165) is 0 Å². The van der Waals surface area contributed by atoms with Gasteiger partial charge in [0.25, 0.3) is 0 Å². The standard InChI is InChI=1S/C13H18ClN5O4/c14-6-8-3-4-9(7-17-8)18-11(20)10(19-13(22)23)2-1-5-16-12(15)21/h3-4,7,10,19H,1-2,5-6H2,(H,18,20)(H,22,23)(H3,15,16,21). The molecule has 1 heterocycles. The number of carbonyl (C=O) groups excluding carboxylic acids is 2. The Morgan fingerprint density at radius 2 is 2.09 bits per heavy atom. The van der Waals surface area contributed by atoms with Crippen molar-refractivity contribution in [1.29, 1.82) is 0 Å². The van der Waals surface area contributed by atoms with Gasteiger partial charge in [0.05, 0.1) is 23.5 Å². The Morgan fingerprint density at radius 3 is 2.61 bits per heavy atom. The fraction of sp³-hybridized carbons (Fsp3) is 0.385. The number of nitrogens with zero attached hydrogens (tertiary/aromatic N) is 1. The van der Waals surface area contributed by atoms with Gasteiger partial charge in [0.2, 0.25) is 5.91 Å². The molecule has 10 heteroatoms. The van der Waals surface area contributed by atoms with Gasteiger partial charge in [0.1, 0.15) is 6.04 Å². The summed E-state index contributed by atoms with van der Waals surface area (Å²) in [5.74, 6) is -0.267. The van der Waals surface area contributed by atoms with Crippen LogP contribution < -0.4 is 21.7 Å². The molecule has 6 N–H and O–H groups in total. The van der Waals surface area contributed by atoms with E-state index in [1.165, 1.54) is 6.20 Å². The predicted molar refractivity (Wildman–Crippen MR) is 84.2 cm³/mol. The van der Waals surface area contributed by atoms with Crippen molar-refractivity contribution in [3.05, 3.63) is 24.0 Å². The van der Waals surface area contributed by atoms with Crippen LogP contribution in [0, 0.1) is 0 Å². The van der Waals surface area contributed by atoms with Crippen molar-refractivity contribution in [2.24, 2.45) is 5.73 Å². The van der Waals surface area contributed by atoms with Crippen molar-refractivity contribution >= 4 is 35.3 Å². The van der Waals surface area contributed by atoms with E-state index < -0.39 is 24.1 Å². The van der Waals surface area contributed by atoms with E-state index in [4.69, 9.17) is 22.4 Å². The van der Waals surface area contributed by atoms with Crippen LogP contribution in [0.5, 0.6) is 0 Å². The largest absolute Gasteiger partial charge is 0.465 e. The molecule has 126 valence electrons. The molecule has 0 aliphatic carbocycles. The number of hydrogen-bond acceptors (Lipinski definition) is 4. The van der Waals surface area contributed by atoms with Crippen molar-refractivity contribution in [1.82, 2.24) is 15.6 Å². The summed E-state index contributed by atoms with van der Waals surface area (Å²) < 4.78 is 0. The van der Waals surface area contributed by atoms with Crippen LogP contribution in [0.3, 0.4) is 0 Å². The molecule has 1 rings (SSSR count). The minimum Gasteiger partial charge on any atom is -0.465 e. The number of nitrogens with two attached hydrogens (primary N) is 1. The highest BCUT2D eigenvalue weighted by molar-refractivity contribution is 6.16. The molecule has 1 aromatic heterocycles. The minimum absolute atomic E-state index is 0.200. The van der Waals surface area contributed by atoms with E-state index in [9.17, 15) is 14.4 Å². The number of primary amides is 1. The first-order valence-electron chi connectivity index (χ1n) is 6.77. The number of aromatic nitrogens is 1. The maximum absolute atomic E-state index is 12.1. The Hall–Kier alpha value is -2.55. The lowest BCUT2D eigenvalue weighted by Crippen LogP contribution is -2.43. The highest BCUT2D eigenvalue weighted by Crippen LogP contribution is 2.09. The van der Waals surface area contributed by atoms with Gasteiger partial charge in [-0.3, -0.25) is 9.78 Å². The zero-order valence-electron chi connectivity index (χ0n) is 12.2. The van der Waals surface area contributed by atoms with Crippen LogP contribution in [0.4, 0.5) is 15.3 Å². The number of halogens is 1.